The summed E-state index contributed by atoms with van der Waals surface area (Å²) in [6.45, 7) is 2.17. The van der Waals surface area contributed by atoms with Gasteiger partial charge in [-0.3, -0.25) is 4.79 Å². The number of carbonyl (C=O) groups is 1. The van der Waals surface area contributed by atoms with Gasteiger partial charge < -0.3 is 20.7 Å². The average molecular weight is 293 g/mol. The first-order chi connectivity index (χ1) is 9.95. The third-order valence-corrected chi connectivity index (χ3v) is 3.97. The highest BCUT2D eigenvalue weighted by atomic mass is 16.5. The largest absolute Gasteiger partial charge is 0.504 e. The number of nitrogens with two attached hydrogens (primary N) is 1. The van der Waals surface area contributed by atoms with Crippen molar-refractivity contribution in [1.29, 1.82) is 0 Å². The van der Waals surface area contributed by atoms with Crippen LogP contribution in [-0.4, -0.2) is 28.3 Å². The third-order valence-electron chi connectivity index (χ3n) is 3.97. The van der Waals surface area contributed by atoms with Crippen molar-refractivity contribution in [2.45, 2.75) is 51.2 Å². The van der Waals surface area contributed by atoms with Crippen molar-refractivity contribution in [2.75, 3.05) is 0 Å². The molecule has 2 rings (SSSR count). The van der Waals surface area contributed by atoms with Crippen LogP contribution in [0.3, 0.4) is 0 Å². The molecule has 0 aromatic heterocycles. The highest BCUT2D eigenvalue weighted by molar-refractivity contribution is 5.76. The Balaban J connectivity index is 1.88. The van der Waals surface area contributed by atoms with E-state index < -0.39 is 12.0 Å². The highest BCUT2D eigenvalue weighted by Gasteiger charge is 2.25. The van der Waals surface area contributed by atoms with E-state index in [4.69, 9.17) is 10.5 Å². The molecule has 1 aliphatic carbocycles. The number of rotatable bonds is 4. The Morgan fingerprint density at radius 2 is 2.14 bits per heavy atom. The maximum absolute atomic E-state index is 12.0. The minimum Gasteiger partial charge on any atom is -0.504 e. The first-order valence-electron chi connectivity index (χ1n) is 7.42. The molecule has 2 unspecified atom stereocenters. The fraction of sp³-hybridized carbons (Fsp3) is 0.562. The number of aromatic hydroxyl groups is 2. The summed E-state index contributed by atoms with van der Waals surface area (Å²) in [4.78, 5) is 12.0. The molecule has 0 radical (unpaired) electrons. The Hall–Kier alpha value is -1.75. The second kappa shape index (κ2) is 6.80. The lowest BCUT2D eigenvalue weighted by Gasteiger charge is -2.27. The molecule has 0 spiro atoms. The summed E-state index contributed by atoms with van der Waals surface area (Å²) < 4.78 is 5.47. The summed E-state index contributed by atoms with van der Waals surface area (Å²) in [5.41, 5.74) is 6.56. The van der Waals surface area contributed by atoms with Gasteiger partial charge in [-0.15, -0.1) is 0 Å². The van der Waals surface area contributed by atoms with Crippen LogP contribution in [0, 0.1) is 5.92 Å². The van der Waals surface area contributed by atoms with Crippen molar-refractivity contribution < 1.29 is 19.7 Å². The molecular formula is C16H23NO4. The number of benzene rings is 1. The van der Waals surface area contributed by atoms with Crippen LogP contribution in [0.4, 0.5) is 0 Å². The molecule has 0 bridgehead atoms. The molecule has 3 atom stereocenters. The van der Waals surface area contributed by atoms with Gasteiger partial charge in [0.05, 0.1) is 0 Å². The lowest BCUT2D eigenvalue weighted by molar-refractivity contribution is -0.152. The predicted octanol–water partition coefficient (Wildman–Crippen LogP) is 2.09. The summed E-state index contributed by atoms with van der Waals surface area (Å²) >= 11 is 0. The first-order valence-corrected chi connectivity index (χ1v) is 7.42. The Labute approximate surface area is 124 Å². The molecule has 1 aromatic rings. The van der Waals surface area contributed by atoms with E-state index in [2.05, 4.69) is 6.92 Å². The van der Waals surface area contributed by atoms with Gasteiger partial charge in [-0.1, -0.05) is 19.4 Å². The molecule has 1 aromatic carbocycles. The van der Waals surface area contributed by atoms with Gasteiger partial charge in [0, 0.05) is 0 Å². The summed E-state index contributed by atoms with van der Waals surface area (Å²) in [6, 6.07) is 3.66. The van der Waals surface area contributed by atoms with Crippen LogP contribution in [0.5, 0.6) is 11.5 Å². The van der Waals surface area contributed by atoms with E-state index in [1.807, 2.05) is 0 Å². The van der Waals surface area contributed by atoms with E-state index in [-0.39, 0.29) is 24.0 Å². The van der Waals surface area contributed by atoms with E-state index in [9.17, 15) is 15.0 Å². The average Bonchev–Trinajstić information content (AvgIpc) is 2.43. The second-order valence-corrected chi connectivity index (χ2v) is 5.96. The highest BCUT2D eigenvalue weighted by Crippen LogP contribution is 2.27. The maximum Gasteiger partial charge on any atom is 0.323 e. The van der Waals surface area contributed by atoms with Crippen molar-refractivity contribution >= 4 is 5.97 Å². The summed E-state index contributed by atoms with van der Waals surface area (Å²) in [5.74, 6) is -0.219. The third kappa shape index (κ3) is 4.36. The summed E-state index contributed by atoms with van der Waals surface area (Å²) in [5, 5.41) is 18.7. The van der Waals surface area contributed by atoms with Gasteiger partial charge in [-0.25, -0.2) is 0 Å². The summed E-state index contributed by atoms with van der Waals surface area (Å²) in [6.07, 6.45) is 4.32. The van der Waals surface area contributed by atoms with Crippen LogP contribution in [-0.2, 0) is 16.0 Å². The molecule has 1 fully saturated rings. The number of hydrogen-bond acceptors (Lipinski definition) is 5. The molecule has 5 nitrogen and oxygen atoms in total. The van der Waals surface area contributed by atoms with E-state index in [1.165, 1.54) is 18.6 Å². The van der Waals surface area contributed by atoms with E-state index >= 15 is 0 Å². The van der Waals surface area contributed by atoms with Gasteiger partial charge in [0.2, 0.25) is 0 Å². The standard InChI is InChI=1S/C16H23NO4/c1-10-3-2-4-12(7-10)21-16(20)13(17)8-11-5-6-14(18)15(19)9-11/h5-6,9-10,12-13,18-19H,2-4,7-8,17H2,1H3/t10?,12?,13-/m0/s1. The number of esters is 1. The zero-order valence-corrected chi connectivity index (χ0v) is 12.3. The molecule has 1 aliphatic rings. The molecule has 0 amide bonds. The maximum atomic E-state index is 12.0. The molecule has 0 aliphatic heterocycles. The molecule has 5 heteroatoms. The normalized spacial score (nSPS) is 23.5. The van der Waals surface area contributed by atoms with Crippen molar-refractivity contribution in [2.24, 2.45) is 11.7 Å². The fourth-order valence-electron chi connectivity index (χ4n) is 2.77. The van der Waals surface area contributed by atoms with Crippen LogP contribution >= 0.6 is 0 Å². The number of hydrogen-bond donors (Lipinski definition) is 3. The van der Waals surface area contributed by atoms with Crippen molar-refractivity contribution in [3.8, 4) is 11.5 Å². The SMILES string of the molecule is CC1CCCC(OC(=O)[C@@H](N)Cc2ccc(O)c(O)c2)C1. The minimum atomic E-state index is -0.758. The van der Waals surface area contributed by atoms with Crippen molar-refractivity contribution in [1.82, 2.24) is 0 Å². The van der Waals surface area contributed by atoms with Crippen LogP contribution in [0.15, 0.2) is 18.2 Å². The second-order valence-electron chi connectivity index (χ2n) is 5.96. The van der Waals surface area contributed by atoms with Gasteiger partial charge in [-0.2, -0.15) is 0 Å². The number of ether oxygens (including phenoxy) is 1. The Kier molecular flexibility index (Phi) is 5.07. The quantitative estimate of drug-likeness (QED) is 0.584. The Morgan fingerprint density at radius 1 is 1.38 bits per heavy atom. The van der Waals surface area contributed by atoms with Gasteiger partial charge in [0.15, 0.2) is 11.5 Å². The van der Waals surface area contributed by atoms with Gasteiger partial charge in [0.25, 0.3) is 0 Å². The molecule has 21 heavy (non-hydrogen) atoms. The topological polar surface area (TPSA) is 92.8 Å². The summed E-state index contributed by atoms with van der Waals surface area (Å²) in [7, 11) is 0. The number of carbonyl (C=O) groups excluding carboxylic acids is 1. The predicted molar refractivity (Wildman–Crippen MR) is 79.0 cm³/mol. The first kappa shape index (κ1) is 15.6. The fourth-order valence-corrected chi connectivity index (χ4v) is 2.77. The molecule has 0 heterocycles. The van der Waals surface area contributed by atoms with Crippen LogP contribution < -0.4 is 5.73 Å². The van der Waals surface area contributed by atoms with E-state index in [1.54, 1.807) is 6.07 Å². The van der Waals surface area contributed by atoms with Crippen LogP contribution in [0.2, 0.25) is 0 Å². The molecule has 116 valence electrons. The molecule has 0 saturated heterocycles. The van der Waals surface area contributed by atoms with Gasteiger partial charge in [-0.05, 0) is 49.3 Å². The smallest absolute Gasteiger partial charge is 0.323 e. The van der Waals surface area contributed by atoms with E-state index in [0.29, 0.717) is 11.5 Å². The lowest BCUT2D eigenvalue weighted by Crippen LogP contribution is -2.37. The monoisotopic (exact) mass is 293 g/mol. The van der Waals surface area contributed by atoms with Gasteiger partial charge >= 0.3 is 5.97 Å². The minimum absolute atomic E-state index is 0.0273. The number of phenols is 2. The van der Waals surface area contributed by atoms with Gasteiger partial charge in [0.1, 0.15) is 12.1 Å². The number of phenolic OH excluding ortho intramolecular Hbond substituents is 2. The van der Waals surface area contributed by atoms with E-state index in [0.717, 1.165) is 19.3 Å². The molecule has 1 saturated carbocycles. The zero-order chi connectivity index (χ0) is 15.4. The van der Waals surface area contributed by atoms with Crippen LogP contribution in [0.25, 0.3) is 0 Å². The van der Waals surface area contributed by atoms with Crippen LogP contribution in [0.1, 0.15) is 38.2 Å². The Bertz CT molecular complexity index is 503. The van der Waals surface area contributed by atoms with Crippen molar-refractivity contribution in [3.63, 3.8) is 0 Å². The molecular weight excluding hydrogens is 270 g/mol. The lowest BCUT2D eigenvalue weighted by atomic mass is 9.88. The Morgan fingerprint density at radius 3 is 2.81 bits per heavy atom. The zero-order valence-electron chi connectivity index (χ0n) is 12.3. The molecule has 4 N–H and O–H groups in total. The van der Waals surface area contributed by atoms with Crippen molar-refractivity contribution in [3.05, 3.63) is 23.8 Å².